The summed E-state index contributed by atoms with van der Waals surface area (Å²) in [5.74, 6) is -1.50. The number of hydrogen-bond acceptors (Lipinski definition) is 5. The van der Waals surface area contributed by atoms with Crippen molar-refractivity contribution in [3.63, 3.8) is 0 Å². The van der Waals surface area contributed by atoms with E-state index in [2.05, 4.69) is 5.32 Å². The van der Waals surface area contributed by atoms with Crippen LogP contribution in [0.3, 0.4) is 0 Å². The maximum Gasteiger partial charge on any atom is 0.408 e. The lowest BCUT2D eigenvalue weighted by molar-refractivity contribution is -0.146. The molecule has 0 saturated heterocycles. The molecule has 0 aliphatic heterocycles. The number of nitrogens with one attached hydrogen (secondary N) is 1. The zero-order valence-electron chi connectivity index (χ0n) is 14.1. The van der Waals surface area contributed by atoms with Gasteiger partial charge < -0.3 is 20.5 Å². The second kappa shape index (κ2) is 9.83. The first kappa shape index (κ1) is 19.0. The van der Waals surface area contributed by atoms with E-state index in [9.17, 15) is 14.4 Å². The second-order valence-corrected chi connectivity index (χ2v) is 5.51. The highest BCUT2D eigenvalue weighted by molar-refractivity contribution is 5.88. The minimum atomic E-state index is -1.21. The van der Waals surface area contributed by atoms with E-state index >= 15 is 0 Å². The van der Waals surface area contributed by atoms with Crippen molar-refractivity contribution in [2.75, 3.05) is 0 Å². The molecule has 0 aromatic heterocycles. The fourth-order valence-electron chi connectivity index (χ4n) is 2.09. The number of amides is 2. The van der Waals surface area contributed by atoms with Gasteiger partial charge in [0, 0.05) is 0 Å². The van der Waals surface area contributed by atoms with Crippen LogP contribution in [0.2, 0.25) is 0 Å². The Labute approximate surface area is 151 Å². The molecule has 26 heavy (non-hydrogen) atoms. The van der Waals surface area contributed by atoms with Crippen molar-refractivity contribution in [3.8, 4) is 0 Å². The minimum Gasteiger partial charge on any atom is -0.461 e. The summed E-state index contributed by atoms with van der Waals surface area (Å²) in [7, 11) is 0. The third kappa shape index (κ3) is 6.64. The molecular formula is C19H20N2O5. The normalized spacial score (nSPS) is 11.2. The van der Waals surface area contributed by atoms with Crippen molar-refractivity contribution in [1.29, 1.82) is 0 Å². The van der Waals surface area contributed by atoms with Gasteiger partial charge in [0.2, 0.25) is 5.91 Å². The standard InChI is InChI=1S/C19H20N2O5/c20-18(23)16(11-17(22)25-12-14-7-3-1-4-8-14)21-19(24)26-13-15-9-5-2-6-10-15/h1-10,16H,11-13H2,(H2,20,23)(H,21,24). The SMILES string of the molecule is NC(=O)C(CC(=O)OCc1ccccc1)NC(=O)OCc1ccccc1. The number of alkyl carbamates (subject to hydrolysis) is 1. The largest absolute Gasteiger partial charge is 0.461 e. The summed E-state index contributed by atoms with van der Waals surface area (Å²) in [5.41, 5.74) is 6.83. The van der Waals surface area contributed by atoms with Crippen molar-refractivity contribution < 1.29 is 23.9 Å². The summed E-state index contributed by atoms with van der Waals surface area (Å²) in [6, 6.07) is 16.9. The first-order valence-electron chi connectivity index (χ1n) is 8.00. The topological polar surface area (TPSA) is 108 Å². The summed E-state index contributed by atoms with van der Waals surface area (Å²) >= 11 is 0. The molecule has 2 aromatic carbocycles. The molecule has 3 N–H and O–H groups in total. The first-order chi connectivity index (χ1) is 12.5. The summed E-state index contributed by atoms with van der Waals surface area (Å²) in [4.78, 5) is 35.1. The average Bonchev–Trinajstić information content (AvgIpc) is 2.66. The van der Waals surface area contributed by atoms with Crippen LogP contribution in [0.25, 0.3) is 0 Å². The number of esters is 1. The van der Waals surface area contributed by atoms with Gasteiger partial charge in [-0.1, -0.05) is 60.7 Å². The molecule has 7 nitrogen and oxygen atoms in total. The number of benzene rings is 2. The van der Waals surface area contributed by atoms with E-state index in [4.69, 9.17) is 15.2 Å². The number of hydrogen-bond donors (Lipinski definition) is 2. The summed E-state index contributed by atoms with van der Waals surface area (Å²) in [5, 5.41) is 2.28. The van der Waals surface area contributed by atoms with Crippen LogP contribution in [0, 0.1) is 0 Å². The Morgan fingerprint density at radius 2 is 1.35 bits per heavy atom. The molecule has 2 amide bonds. The lowest BCUT2D eigenvalue weighted by atomic mass is 10.2. The molecule has 0 bridgehead atoms. The molecule has 1 unspecified atom stereocenters. The lowest BCUT2D eigenvalue weighted by Crippen LogP contribution is -2.46. The highest BCUT2D eigenvalue weighted by Gasteiger charge is 2.23. The van der Waals surface area contributed by atoms with Gasteiger partial charge in [-0.25, -0.2) is 4.79 Å². The molecule has 7 heteroatoms. The van der Waals surface area contributed by atoms with Gasteiger partial charge in [0.25, 0.3) is 0 Å². The molecule has 0 aliphatic rings. The number of primary amides is 1. The van der Waals surface area contributed by atoms with Gasteiger partial charge in [-0.2, -0.15) is 0 Å². The van der Waals surface area contributed by atoms with Crippen LogP contribution in [0.15, 0.2) is 60.7 Å². The predicted octanol–water partition coefficient (Wildman–Crippen LogP) is 1.90. The Kier molecular flexibility index (Phi) is 7.17. The molecular weight excluding hydrogens is 336 g/mol. The second-order valence-electron chi connectivity index (χ2n) is 5.51. The van der Waals surface area contributed by atoms with E-state index in [-0.39, 0.29) is 19.6 Å². The van der Waals surface area contributed by atoms with Crippen LogP contribution in [-0.2, 0) is 32.3 Å². The molecule has 0 aliphatic carbocycles. The zero-order chi connectivity index (χ0) is 18.8. The highest BCUT2D eigenvalue weighted by atomic mass is 16.5. The molecule has 2 aromatic rings. The Hall–Kier alpha value is -3.35. The van der Waals surface area contributed by atoms with E-state index in [0.29, 0.717) is 0 Å². The van der Waals surface area contributed by atoms with Crippen molar-refractivity contribution in [3.05, 3.63) is 71.8 Å². The van der Waals surface area contributed by atoms with Crippen LogP contribution in [0.1, 0.15) is 17.5 Å². The summed E-state index contributed by atoms with van der Waals surface area (Å²) in [6.45, 7) is 0.111. The Balaban J connectivity index is 1.78. The number of carbonyl (C=O) groups is 3. The fraction of sp³-hybridized carbons (Fsp3) is 0.211. The van der Waals surface area contributed by atoms with Gasteiger partial charge in [-0.05, 0) is 11.1 Å². The first-order valence-corrected chi connectivity index (χ1v) is 8.00. The van der Waals surface area contributed by atoms with Crippen molar-refractivity contribution >= 4 is 18.0 Å². The van der Waals surface area contributed by atoms with Crippen LogP contribution in [0.4, 0.5) is 4.79 Å². The lowest BCUT2D eigenvalue weighted by Gasteiger charge is -2.15. The van der Waals surface area contributed by atoms with Crippen LogP contribution in [0.5, 0.6) is 0 Å². The smallest absolute Gasteiger partial charge is 0.408 e. The van der Waals surface area contributed by atoms with Gasteiger partial charge in [0.15, 0.2) is 0 Å². The molecule has 0 saturated carbocycles. The maximum absolute atomic E-state index is 11.9. The molecule has 0 fully saturated rings. The van der Waals surface area contributed by atoms with E-state index in [1.165, 1.54) is 0 Å². The van der Waals surface area contributed by atoms with E-state index in [0.717, 1.165) is 11.1 Å². The van der Waals surface area contributed by atoms with E-state index in [1.54, 1.807) is 24.3 Å². The summed E-state index contributed by atoms with van der Waals surface area (Å²) < 4.78 is 10.1. The van der Waals surface area contributed by atoms with Gasteiger partial charge in [-0.3, -0.25) is 9.59 Å². The van der Waals surface area contributed by atoms with Crippen LogP contribution < -0.4 is 11.1 Å². The minimum absolute atomic E-state index is 0.0383. The molecule has 0 radical (unpaired) electrons. The quantitative estimate of drug-likeness (QED) is 0.703. The third-order valence-corrected chi connectivity index (χ3v) is 3.46. The monoisotopic (exact) mass is 356 g/mol. The predicted molar refractivity (Wildman–Crippen MR) is 93.6 cm³/mol. The van der Waals surface area contributed by atoms with Gasteiger partial charge in [0.05, 0.1) is 6.42 Å². The van der Waals surface area contributed by atoms with Gasteiger partial charge >= 0.3 is 12.1 Å². The van der Waals surface area contributed by atoms with Crippen molar-refractivity contribution in [2.24, 2.45) is 5.73 Å². The number of nitrogens with two attached hydrogens (primary N) is 1. The van der Waals surface area contributed by atoms with Gasteiger partial charge in [0.1, 0.15) is 19.3 Å². The average molecular weight is 356 g/mol. The third-order valence-electron chi connectivity index (χ3n) is 3.46. The highest BCUT2D eigenvalue weighted by Crippen LogP contribution is 2.04. The molecule has 1 atom stereocenters. The summed E-state index contributed by atoms with van der Waals surface area (Å²) in [6.07, 6.45) is -1.21. The Morgan fingerprint density at radius 3 is 1.85 bits per heavy atom. The zero-order valence-corrected chi connectivity index (χ0v) is 14.1. The van der Waals surface area contributed by atoms with E-state index < -0.39 is 24.0 Å². The molecule has 0 spiro atoms. The molecule has 2 rings (SSSR count). The maximum atomic E-state index is 11.9. The number of carbonyl (C=O) groups excluding carboxylic acids is 3. The van der Waals surface area contributed by atoms with Crippen molar-refractivity contribution in [1.82, 2.24) is 5.32 Å². The van der Waals surface area contributed by atoms with Gasteiger partial charge in [-0.15, -0.1) is 0 Å². The fourth-order valence-corrected chi connectivity index (χ4v) is 2.09. The molecule has 136 valence electrons. The van der Waals surface area contributed by atoms with Crippen LogP contribution >= 0.6 is 0 Å². The van der Waals surface area contributed by atoms with Crippen LogP contribution in [-0.4, -0.2) is 24.0 Å². The number of rotatable bonds is 8. The molecule has 0 heterocycles. The number of ether oxygens (including phenoxy) is 2. The Morgan fingerprint density at radius 1 is 0.846 bits per heavy atom. The Bertz CT molecular complexity index is 677. The van der Waals surface area contributed by atoms with E-state index in [1.807, 2.05) is 36.4 Å². The van der Waals surface area contributed by atoms with Crippen molar-refractivity contribution in [2.45, 2.75) is 25.7 Å².